The molecule has 1 aromatic carbocycles. The number of piperidine rings is 1. The largest absolute Gasteiger partial charge is 0.384 e. The van der Waals surface area contributed by atoms with Crippen LogP contribution in [0.15, 0.2) is 48.7 Å². The monoisotopic (exact) mass is 282 g/mol. The van der Waals surface area contributed by atoms with Crippen molar-refractivity contribution in [3.63, 3.8) is 0 Å². The van der Waals surface area contributed by atoms with Gasteiger partial charge < -0.3 is 11.1 Å². The number of nitrogens with one attached hydrogen (secondary N) is 1. The Bertz CT molecular complexity index is 545. The number of likely N-dealkylation sites (tertiary alicyclic amines) is 1. The predicted molar refractivity (Wildman–Crippen MR) is 87.0 cm³/mol. The van der Waals surface area contributed by atoms with Crippen molar-refractivity contribution >= 4 is 11.5 Å². The lowest BCUT2D eigenvalue weighted by atomic mass is 10.0. The number of aromatic nitrogens is 1. The third kappa shape index (κ3) is 3.95. The van der Waals surface area contributed by atoms with E-state index in [4.69, 9.17) is 5.73 Å². The summed E-state index contributed by atoms with van der Waals surface area (Å²) in [6.45, 7) is 3.32. The molecule has 110 valence electrons. The average Bonchev–Trinajstić information content (AvgIpc) is 2.53. The summed E-state index contributed by atoms with van der Waals surface area (Å²) in [5.74, 6) is 0.568. The molecular weight excluding hydrogens is 260 g/mol. The van der Waals surface area contributed by atoms with Crippen LogP contribution in [0.25, 0.3) is 0 Å². The predicted octanol–water partition coefficient (Wildman–Crippen LogP) is 2.74. The van der Waals surface area contributed by atoms with Gasteiger partial charge in [-0.25, -0.2) is 4.98 Å². The van der Waals surface area contributed by atoms with Crippen LogP contribution in [-0.2, 0) is 6.54 Å². The molecule has 1 aliphatic heterocycles. The van der Waals surface area contributed by atoms with Gasteiger partial charge in [-0.15, -0.1) is 0 Å². The van der Waals surface area contributed by atoms with E-state index in [0.717, 1.165) is 38.2 Å². The molecule has 21 heavy (non-hydrogen) atoms. The first-order valence-electron chi connectivity index (χ1n) is 7.54. The van der Waals surface area contributed by atoms with Gasteiger partial charge in [-0.3, -0.25) is 4.90 Å². The molecule has 0 spiro atoms. The van der Waals surface area contributed by atoms with Gasteiger partial charge >= 0.3 is 0 Å². The number of nitrogens with zero attached hydrogens (tertiary/aromatic N) is 2. The van der Waals surface area contributed by atoms with Crippen LogP contribution >= 0.6 is 0 Å². The van der Waals surface area contributed by atoms with Gasteiger partial charge in [-0.1, -0.05) is 30.3 Å². The first kappa shape index (κ1) is 13.9. The summed E-state index contributed by atoms with van der Waals surface area (Å²) in [4.78, 5) is 6.64. The second-order valence-electron chi connectivity index (χ2n) is 5.65. The molecule has 2 aromatic rings. The highest BCUT2D eigenvalue weighted by Gasteiger charge is 2.19. The molecule has 0 bridgehead atoms. The van der Waals surface area contributed by atoms with Crippen LogP contribution in [0, 0.1) is 0 Å². The summed E-state index contributed by atoms with van der Waals surface area (Å²) >= 11 is 0. The van der Waals surface area contributed by atoms with Gasteiger partial charge in [0.25, 0.3) is 0 Å². The van der Waals surface area contributed by atoms with Gasteiger partial charge in [-0.2, -0.15) is 0 Å². The Labute approximate surface area is 126 Å². The van der Waals surface area contributed by atoms with Crippen LogP contribution in [0.4, 0.5) is 11.5 Å². The van der Waals surface area contributed by atoms with Crippen LogP contribution in [-0.4, -0.2) is 29.0 Å². The molecule has 0 unspecified atom stereocenters. The number of rotatable bonds is 4. The van der Waals surface area contributed by atoms with Crippen LogP contribution < -0.4 is 11.1 Å². The van der Waals surface area contributed by atoms with E-state index in [1.807, 2.05) is 18.3 Å². The first-order valence-corrected chi connectivity index (χ1v) is 7.54. The average molecular weight is 282 g/mol. The number of hydrogen-bond acceptors (Lipinski definition) is 4. The number of nitrogen functional groups attached to an aromatic ring is 1. The van der Waals surface area contributed by atoms with E-state index >= 15 is 0 Å². The zero-order chi connectivity index (χ0) is 14.5. The van der Waals surface area contributed by atoms with Crippen molar-refractivity contribution in [2.75, 3.05) is 24.1 Å². The van der Waals surface area contributed by atoms with E-state index in [1.54, 1.807) is 0 Å². The quantitative estimate of drug-likeness (QED) is 0.905. The topological polar surface area (TPSA) is 54.2 Å². The van der Waals surface area contributed by atoms with E-state index in [2.05, 4.69) is 45.5 Å². The minimum absolute atomic E-state index is 0.530. The summed E-state index contributed by atoms with van der Waals surface area (Å²) in [7, 11) is 0. The molecule has 1 fully saturated rings. The Balaban J connectivity index is 1.47. The molecule has 1 saturated heterocycles. The van der Waals surface area contributed by atoms with Crippen molar-refractivity contribution in [2.24, 2.45) is 0 Å². The molecule has 0 atom stereocenters. The third-order valence-electron chi connectivity index (χ3n) is 3.99. The van der Waals surface area contributed by atoms with E-state index < -0.39 is 0 Å². The lowest BCUT2D eigenvalue weighted by Crippen LogP contribution is -2.38. The minimum atomic E-state index is 0.530. The molecule has 1 aromatic heterocycles. The molecule has 4 heteroatoms. The van der Waals surface area contributed by atoms with E-state index in [1.165, 1.54) is 5.56 Å². The van der Waals surface area contributed by atoms with Crippen molar-refractivity contribution in [3.8, 4) is 0 Å². The maximum absolute atomic E-state index is 5.61. The van der Waals surface area contributed by atoms with E-state index in [-0.39, 0.29) is 0 Å². The maximum Gasteiger partial charge on any atom is 0.123 e. The minimum Gasteiger partial charge on any atom is -0.384 e. The summed E-state index contributed by atoms with van der Waals surface area (Å²) < 4.78 is 0. The molecule has 0 saturated carbocycles. The van der Waals surface area contributed by atoms with Gasteiger partial charge in [0.1, 0.15) is 5.82 Å². The first-order chi connectivity index (χ1) is 10.3. The Morgan fingerprint density at radius 1 is 1.10 bits per heavy atom. The van der Waals surface area contributed by atoms with Crippen molar-refractivity contribution in [3.05, 3.63) is 54.2 Å². The second-order valence-corrected chi connectivity index (χ2v) is 5.65. The van der Waals surface area contributed by atoms with Gasteiger partial charge in [-0.05, 0) is 30.5 Å². The SMILES string of the molecule is Nc1ccc(NC2CCN(Cc3ccccc3)CC2)cn1. The van der Waals surface area contributed by atoms with Crippen LogP contribution in [0.2, 0.25) is 0 Å². The second kappa shape index (κ2) is 6.59. The molecule has 3 rings (SSSR count). The maximum atomic E-state index is 5.61. The molecule has 4 nitrogen and oxygen atoms in total. The molecule has 1 aliphatic rings. The molecule has 2 heterocycles. The van der Waals surface area contributed by atoms with Gasteiger partial charge in [0.2, 0.25) is 0 Å². The Morgan fingerprint density at radius 2 is 1.86 bits per heavy atom. The molecule has 0 aliphatic carbocycles. The highest BCUT2D eigenvalue weighted by atomic mass is 15.1. The summed E-state index contributed by atoms with van der Waals surface area (Å²) in [5, 5.41) is 3.55. The Morgan fingerprint density at radius 3 is 2.52 bits per heavy atom. The zero-order valence-corrected chi connectivity index (χ0v) is 12.2. The van der Waals surface area contributed by atoms with Gasteiger partial charge in [0.05, 0.1) is 11.9 Å². The normalized spacial score (nSPS) is 16.8. The molecule has 0 radical (unpaired) electrons. The van der Waals surface area contributed by atoms with E-state index in [0.29, 0.717) is 11.9 Å². The van der Waals surface area contributed by atoms with Crippen LogP contribution in [0.5, 0.6) is 0 Å². The Kier molecular flexibility index (Phi) is 4.36. The Hall–Kier alpha value is -2.07. The lowest BCUT2D eigenvalue weighted by molar-refractivity contribution is 0.211. The van der Waals surface area contributed by atoms with Crippen molar-refractivity contribution in [1.82, 2.24) is 9.88 Å². The number of benzene rings is 1. The van der Waals surface area contributed by atoms with Crippen LogP contribution in [0.3, 0.4) is 0 Å². The van der Waals surface area contributed by atoms with E-state index in [9.17, 15) is 0 Å². The number of anilines is 2. The summed E-state index contributed by atoms with van der Waals surface area (Å²) in [5.41, 5.74) is 8.06. The molecule has 3 N–H and O–H groups in total. The van der Waals surface area contributed by atoms with Crippen molar-refractivity contribution in [1.29, 1.82) is 0 Å². The number of nitrogens with two attached hydrogens (primary N) is 1. The van der Waals surface area contributed by atoms with Gasteiger partial charge in [0, 0.05) is 25.7 Å². The summed E-state index contributed by atoms with van der Waals surface area (Å²) in [6, 6.07) is 15.1. The van der Waals surface area contributed by atoms with Crippen molar-refractivity contribution < 1.29 is 0 Å². The number of hydrogen-bond donors (Lipinski definition) is 2. The highest BCUT2D eigenvalue weighted by Crippen LogP contribution is 2.18. The third-order valence-corrected chi connectivity index (χ3v) is 3.99. The standard InChI is InChI=1S/C17H22N4/c18-17-7-6-16(12-19-17)20-15-8-10-21(11-9-15)13-14-4-2-1-3-5-14/h1-7,12,15,20H,8-11,13H2,(H2,18,19). The lowest BCUT2D eigenvalue weighted by Gasteiger charge is -2.32. The smallest absolute Gasteiger partial charge is 0.123 e. The fourth-order valence-electron chi connectivity index (χ4n) is 2.80. The molecule has 0 amide bonds. The number of pyridine rings is 1. The van der Waals surface area contributed by atoms with Crippen molar-refractivity contribution in [2.45, 2.75) is 25.4 Å². The van der Waals surface area contributed by atoms with Crippen LogP contribution in [0.1, 0.15) is 18.4 Å². The van der Waals surface area contributed by atoms with Gasteiger partial charge in [0.15, 0.2) is 0 Å². The fourth-order valence-corrected chi connectivity index (χ4v) is 2.80. The molecular formula is C17H22N4. The summed E-state index contributed by atoms with van der Waals surface area (Å²) in [6.07, 6.45) is 4.14. The zero-order valence-electron chi connectivity index (χ0n) is 12.2. The fraction of sp³-hybridized carbons (Fsp3) is 0.353. The highest BCUT2D eigenvalue weighted by molar-refractivity contribution is 5.46.